The minimum absolute atomic E-state index is 0.757. The zero-order chi connectivity index (χ0) is 13.7. The summed E-state index contributed by atoms with van der Waals surface area (Å²) in [5, 5.41) is 3.90. The molecule has 1 saturated heterocycles. The second-order valence-corrected chi connectivity index (χ2v) is 6.80. The molecule has 1 aliphatic heterocycles. The Morgan fingerprint density at radius 2 is 1.89 bits per heavy atom. The zero-order valence-corrected chi connectivity index (χ0v) is 13.2. The molecule has 3 heteroatoms. The molecule has 3 unspecified atom stereocenters. The lowest BCUT2D eigenvalue weighted by Crippen LogP contribution is -2.41. The van der Waals surface area contributed by atoms with Crippen LogP contribution in [0.3, 0.4) is 0 Å². The maximum absolute atomic E-state index is 3.90. The highest BCUT2D eigenvalue weighted by Gasteiger charge is 2.35. The molecular weight excluding hydrogens is 234 g/mol. The number of fused-ring (bicyclic) bond motifs is 1. The van der Waals surface area contributed by atoms with E-state index in [0.717, 1.165) is 18.0 Å². The average Bonchev–Trinajstić information content (AvgIpc) is 2.79. The van der Waals surface area contributed by atoms with Gasteiger partial charge in [0.1, 0.15) is 0 Å². The molecular formula is C16H33N3. The van der Waals surface area contributed by atoms with Crippen LogP contribution in [0.25, 0.3) is 0 Å². The van der Waals surface area contributed by atoms with Crippen molar-refractivity contribution in [1.29, 1.82) is 0 Å². The van der Waals surface area contributed by atoms with Crippen molar-refractivity contribution in [3.63, 3.8) is 0 Å². The molecule has 0 aromatic rings. The fraction of sp³-hybridized carbons (Fsp3) is 1.00. The van der Waals surface area contributed by atoms with Crippen molar-refractivity contribution in [2.45, 2.75) is 57.5 Å². The van der Waals surface area contributed by atoms with E-state index in [1.807, 2.05) is 0 Å². The summed E-state index contributed by atoms with van der Waals surface area (Å²) in [6.07, 6.45) is 8.53. The van der Waals surface area contributed by atoms with Crippen LogP contribution >= 0.6 is 0 Å². The molecule has 1 heterocycles. The average molecular weight is 267 g/mol. The van der Waals surface area contributed by atoms with Gasteiger partial charge in [-0.3, -0.25) is 0 Å². The monoisotopic (exact) mass is 267 g/mol. The van der Waals surface area contributed by atoms with Gasteiger partial charge in [0.05, 0.1) is 0 Å². The minimum Gasteiger partial charge on any atom is -0.310 e. The predicted molar refractivity (Wildman–Crippen MR) is 82.6 cm³/mol. The molecule has 0 radical (unpaired) electrons. The number of nitrogens with one attached hydrogen (secondary N) is 1. The molecule has 2 fully saturated rings. The van der Waals surface area contributed by atoms with Gasteiger partial charge in [0.25, 0.3) is 0 Å². The van der Waals surface area contributed by atoms with Crippen LogP contribution in [0.4, 0.5) is 0 Å². The third-order valence-electron chi connectivity index (χ3n) is 4.95. The second-order valence-electron chi connectivity index (χ2n) is 6.80. The number of nitrogens with zero attached hydrogens (tertiary/aromatic N) is 2. The van der Waals surface area contributed by atoms with Crippen molar-refractivity contribution in [2.24, 2.45) is 5.92 Å². The van der Waals surface area contributed by atoms with Gasteiger partial charge >= 0.3 is 0 Å². The minimum atomic E-state index is 0.757. The van der Waals surface area contributed by atoms with Crippen LogP contribution in [0.1, 0.15) is 45.4 Å². The summed E-state index contributed by atoms with van der Waals surface area (Å²) < 4.78 is 0. The first-order valence-corrected chi connectivity index (χ1v) is 8.32. The van der Waals surface area contributed by atoms with E-state index in [0.29, 0.717) is 0 Å². The van der Waals surface area contributed by atoms with Gasteiger partial charge in [-0.05, 0) is 65.3 Å². The van der Waals surface area contributed by atoms with E-state index in [2.05, 4.69) is 36.1 Å². The molecule has 2 rings (SSSR count). The fourth-order valence-electron chi connectivity index (χ4n) is 3.87. The van der Waals surface area contributed by atoms with Gasteiger partial charge in [0.15, 0.2) is 0 Å². The summed E-state index contributed by atoms with van der Waals surface area (Å²) in [5.74, 6) is 0.985. The maximum atomic E-state index is 3.90. The summed E-state index contributed by atoms with van der Waals surface area (Å²) >= 11 is 0. The Balaban J connectivity index is 1.70. The highest BCUT2D eigenvalue weighted by atomic mass is 15.2. The summed E-state index contributed by atoms with van der Waals surface area (Å²) in [7, 11) is 4.33. The molecule has 1 N–H and O–H groups in total. The SMILES string of the molecule is CCN(CCCN(C)C)CC1CC2CCCCC2N1. The Morgan fingerprint density at radius 1 is 1.11 bits per heavy atom. The molecule has 0 aromatic carbocycles. The van der Waals surface area contributed by atoms with Gasteiger partial charge in [0, 0.05) is 18.6 Å². The number of likely N-dealkylation sites (N-methyl/N-ethyl adjacent to an activating group) is 1. The normalized spacial score (nSPS) is 31.1. The van der Waals surface area contributed by atoms with E-state index in [4.69, 9.17) is 0 Å². The lowest BCUT2D eigenvalue weighted by atomic mass is 9.85. The molecule has 2 aliphatic rings. The third-order valence-corrected chi connectivity index (χ3v) is 4.95. The maximum Gasteiger partial charge on any atom is 0.0200 e. The topological polar surface area (TPSA) is 18.5 Å². The molecule has 0 spiro atoms. The molecule has 3 nitrogen and oxygen atoms in total. The van der Waals surface area contributed by atoms with Gasteiger partial charge in [-0.25, -0.2) is 0 Å². The summed E-state index contributed by atoms with van der Waals surface area (Å²) in [6.45, 7) is 7.22. The smallest absolute Gasteiger partial charge is 0.0200 e. The highest BCUT2D eigenvalue weighted by Crippen LogP contribution is 2.33. The van der Waals surface area contributed by atoms with E-state index in [1.54, 1.807) is 0 Å². The Kier molecular flexibility index (Phi) is 6.11. The van der Waals surface area contributed by atoms with E-state index in [-0.39, 0.29) is 0 Å². The largest absolute Gasteiger partial charge is 0.310 e. The summed E-state index contributed by atoms with van der Waals surface area (Å²) in [5.41, 5.74) is 0. The third kappa shape index (κ3) is 4.73. The zero-order valence-electron chi connectivity index (χ0n) is 13.2. The quantitative estimate of drug-likeness (QED) is 0.763. The Labute approximate surface area is 119 Å². The first-order valence-electron chi connectivity index (χ1n) is 8.32. The first-order chi connectivity index (χ1) is 9.19. The van der Waals surface area contributed by atoms with E-state index in [1.165, 1.54) is 64.7 Å². The van der Waals surface area contributed by atoms with E-state index in [9.17, 15) is 0 Å². The Morgan fingerprint density at radius 3 is 2.58 bits per heavy atom. The van der Waals surface area contributed by atoms with Crippen molar-refractivity contribution >= 4 is 0 Å². The molecule has 0 aromatic heterocycles. The van der Waals surface area contributed by atoms with Crippen molar-refractivity contribution in [1.82, 2.24) is 15.1 Å². The van der Waals surface area contributed by atoms with Crippen LogP contribution in [0.15, 0.2) is 0 Å². The molecule has 19 heavy (non-hydrogen) atoms. The van der Waals surface area contributed by atoms with Gasteiger partial charge < -0.3 is 15.1 Å². The second kappa shape index (κ2) is 7.61. The van der Waals surface area contributed by atoms with Gasteiger partial charge in [0.2, 0.25) is 0 Å². The van der Waals surface area contributed by atoms with Crippen LogP contribution in [-0.4, -0.2) is 62.2 Å². The van der Waals surface area contributed by atoms with E-state index < -0.39 is 0 Å². The summed E-state index contributed by atoms with van der Waals surface area (Å²) in [4.78, 5) is 4.93. The molecule has 0 bridgehead atoms. The molecule has 1 aliphatic carbocycles. The lowest BCUT2D eigenvalue weighted by Gasteiger charge is -2.25. The summed E-state index contributed by atoms with van der Waals surface area (Å²) in [6, 6.07) is 1.60. The van der Waals surface area contributed by atoms with Crippen molar-refractivity contribution in [3.8, 4) is 0 Å². The van der Waals surface area contributed by atoms with Gasteiger partial charge in [-0.1, -0.05) is 19.8 Å². The Bertz CT molecular complexity index is 240. The highest BCUT2D eigenvalue weighted by molar-refractivity contribution is 4.93. The van der Waals surface area contributed by atoms with Crippen LogP contribution in [0.2, 0.25) is 0 Å². The van der Waals surface area contributed by atoms with Gasteiger partial charge in [-0.2, -0.15) is 0 Å². The standard InChI is InChI=1S/C16H33N3/c1-4-19(11-7-10-18(2)3)13-15-12-14-8-5-6-9-16(14)17-15/h14-17H,4-13H2,1-3H3. The van der Waals surface area contributed by atoms with Crippen LogP contribution in [0.5, 0.6) is 0 Å². The first kappa shape index (κ1) is 15.3. The van der Waals surface area contributed by atoms with Crippen molar-refractivity contribution in [3.05, 3.63) is 0 Å². The Hall–Kier alpha value is -0.120. The van der Waals surface area contributed by atoms with Crippen molar-refractivity contribution < 1.29 is 0 Å². The molecule has 112 valence electrons. The van der Waals surface area contributed by atoms with E-state index >= 15 is 0 Å². The molecule has 0 amide bonds. The van der Waals surface area contributed by atoms with Gasteiger partial charge in [-0.15, -0.1) is 0 Å². The molecule has 1 saturated carbocycles. The fourth-order valence-corrected chi connectivity index (χ4v) is 3.87. The van der Waals surface area contributed by atoms with Crippen molar-refractivity contribution in [2.75, 3.05) is 40.3 Å². The lowest BCUT2D eigenvalue weighted by molar-refractivity contribution is 0.243. The van der Waals surface area contributed by atoms with Crippen LogP contribution in [0, 0.1) is 5.92 Å². The number of rotatable bonds is 7. The molecule has 3 atom stereocenters. The number of hydrogen-bond donors (Lipinski definition) is 1. The van der Waals surface area contributed by atoms with Crippen LogP contribution in [-0.2, 0) is 0 Å². The number of hydrogen-bond acceptors (Lipinski definition) is 3. The van der Waals surface area contributed by atoms with Crippen LogP contribution < -0.4 is 5.32 Å². The predicted octanol–water partition coefficient (Wildman–Crippen LogP) is 2.18.